The van der Waals surface area contributed by atoms with Crippen LogP contribution < -0.4 is 0 Å². The van der Waals surface area contributed by atoms with E-state index in [1.54, 1.807) is 0 Å². The van der Waals surface area contributed by atoms with Crippen molar-refractivity contribution in [1.29, 1.82) is 0 Å². The molecule has 0 nitrogen and oxygen atoms in total. The van der Waals surface area contributed by atoms with Crippen LogP contribution in [0.25, 0.3) is 0 Å². The fourth-order valence-corrected chi connectivity index (χ4v) is 2.73. The van der Waals surface area contributed by atoms with Gasteiger partial charge in [0.1, 0.15) is 0 Å². The van der Waals surface area contributed by atoms with E-state index in [1.807, 2.05) is 34.6 Å². The Balaban J connectivity index is 0. The van der Waals surface area contributed by atoms with Crippen LogP contribution in [0, 0.1) is 17.3 Å². The number of alkyl halides is 2. The molecule has 0 amide bonds. The van der Waals surface area contributed by atoms with Gasteiger partial charge in [-0.1, -0.05) is 68.2 Å². The van der Waals surface area contributed by atoms with Crippen LogP contribution in [-0.4, -0.2) is 5.92 Å². The van der Waals surface area contributed by atoms with Gasteiger partial charge in [0, 0.05) is 12.8 Å². The zero-order chi connectivity index (χ0) is 17.8. The highest BCUT2D eigenvalue weighted by molar-refractivity contribution is 4.76. The molecule has 2 aliphatic rings. The molecule has 2 heteroatoms. The standard InChI is InChI=1S/C9H18.C7H12F2.2C2H6/c1-8-4-6-9(2,3)7-5-8;1-6-2-4-7(8,9)5-3-6;2*1-2/h8H,4-7H2,1-3H3;6H,2-5H2,1H3;2*1-2H3. The van der Waals surface area contributed by atoms with Crippen LogP contribution in [0.2, 0.25) is 0 Å². The molecule has 2 rings (SSSR count). The maximum Gasteiger partial charge on any atom is 0.248 e. The summed E-state index contributed by atoms with van der Waals surface area (Å²) in [5, 5.41) is 0. The molecule has 0 aromatic rings. The predicted octanol–water partition coefficient (Wildman–Crippen LogP) is 8.11. The van der Waals surface area contributed by atoms with Gasteiger partial charge in [0.15, 0.2) is 0 Å². The fourth-order valence-electron chi connectivity index (χ4n) is 2.73. The van der Waals surface area contributed by atoms with Gasteiger partial charge in [-0.25, -0.2) is 8.78 Å². The van der Waals surface area contributed by atoms with Crippen LogP contribution in [-0.2, 0) is 0 Å². The van der Waals surface area contributed by atoms with E-state index in [2.05, 4.69) is 20.8 Å². The Kier molecular flexibility index (Phi) is 13.5. The van der Waals surface area contributed by atoms with E-state index in [-0.39, 0.29) is 12.8 Å². The number of hydrogen-bond donors (Lipinski definition) is 0. The predicted molar refractivity (Wildman–Crippen MR) is 96.7 cm³/mol. The zero-order valence-corrected chi connectivity index (χ0v) is 16.6. The summed E-state index contributed by atoms with van der Waals surface area (Å²) in [5.74, 6) is -0.824. The van der Waals surface area contributed by atoms with Gasteiger partial charge in [0.2, 0.25) is 5.92 Å². The van der Waals surface area contributed by atoms with Crippen molar-refractivity contribution in [1.82, 2.24) is 0 Å². The molecule has 0 N–H and O–H groups in total. The lowest BCUT2D eigenvalue weighted by Gasteiger charge is -2.32. The molecule has 0 aliphatic heterocycles. The SMILES string of the molecule is CC.CC.CC1CCC(C)(C)CC1.CC1CCC(F)(F)CC1. The van der Waals surface area contributed by atoms with Crippen LogP contribution >= 0.6 is 0 Å². The average Bonchev–Trinajstić information content (AvgIpc) is 2.50. The van der Waals surface area contributed by atoms with Crippen LogP contribution in [0.3, 0.4) is 0 Å². The number of hydrogen-bond acceptors (Lipinski definition) is 0. The molecule has 0 spiro atoms. The van der Waals surface area contributed by atoms with Crippen molar-refractivity contribution < 1.29 is 8.78 Å². The van der Waals surface area contributed by atoms with Gasteiger partial charge in [-0.2, -0.15) is 0 Å². The molecule has 2 fully saturated rings. The van der Waals surface area contributed by atoms with Gasteiger partial charge in [-0.3, -0.25) is 0 Å². The Morgan fingerprint density at radius 3 is 1.14 bits per heavy atom. The molecule has 136 valence electrons. The smallest absolute Gasteiger partial charge is 0.207 e. The topological polar surface area (TPSA) is 0 Å². The Hall–Kier alpha value is -0.140. The van der Waals surface area contributed by atoms with Crippen molar-refractivity contribution >= 4 is 0 Å². The molecule has 2 saturated carbocycles. The van der Waals surface area contributed by atoms with Crippen LogP contribution in [0.15, 0.2) is 0 Å². The van der Waals surface area contributed by atoms with E-state index in [0.29, 0.717) is 24.2 Å². The second kappa shape index (κ2) is 12.3. The zero-order valence-electron chi connectivity index (χ0n) is 16.6. The third-order valence-electron chi connectivity index (χ3n) is 4.63. The molecule has 22 heavy (non-hydrogen) atoms. The first-order chi connectivity index (χ1) is 10.2. The minimum Gasteiger partial charge on any atom is -0.207 e. The normalized spacial score (nSPS) is 23.7. The summed E-state index contributed by atoms with van der Waals surface area (Å²) in [7, 11) is 0. The second-order valence-electron chi connectivity index (χ2n) is 7.39. The molecule has 0 radical (unpaired) electrons. The van der Waals surface area contributed by atoms with Crippen LogP contribution in [0.5, 0.6) is 0 Å². The lowest BCUT2D eigenvalue weighted by Crippen LogP contribution is -2.23. The summed E-state index contributed by atoms with van der Waals surface area (Å²) in [6.07, 6.45) is 7.39. The van der Waals surface area contributed by atoms with Gasteiger partial charge >= 0.3 is 0 Å². The Morgan fingerprint density at radius 1 is 0.636 bits per heavy atom. The molecule has 0 heterocycles. The minimum atomic E-state index is -2.34. The molecule has 0 unspecified atom stereocenters. The van der Waals surface area contributed by atoms with E-state index >= 15 is 0 Å². The first-order valence-corrected chi connectivity index (χ1v) is 9.58. The average molecular weight is 321 g/mol. The summed E-state index contributed by atoms with van der Waals surface area (Å²) in [5.41, 5.74) is 0.659. The first kappa shape index (κ1) is 24.1. The molecule has 2 aliphatic carbocycles. The monoisotopic (exact) mass is 320 g/mol. The Morgan fingerprint density at radius 2 is 0.909 bits per heavy atom. The van der Waals surface area contributed by atoms with Gasteiger partial charge in [-0.05, 0) is 42.9 Å². The van der Waals surface area contributed by atoms with Gasteiger partial charge in [0.25, 0.3) is 0 Å². The molecular formula is C20H42F2. The van der Waals surface area contributed by atoms with Crippen molar-refractivity contribution in [2.45, 2.75) is 113 Å². The highest BCUT2D eigenvalue weighted by Gasteiger charge is 2.33. The van der Waals surface area contributed by atoms with E-state index in [0.717, 1.165) is 5.92 Å². The molecule has 0 atom stereocenters. The highest BCUT2D eigenvalue weighted by atomic mass is 19.3. The van der Waals surface area contributed by atoms with Crippen molar-refractivity contribution in [2.75, 3.05) is 0 Å². The van der Waals surface area contributed by atoms with Gasteiger partial charge in [0.05, 0.1) is 0 Å². The van der Waals surface area contributed by atoms with E-state index in [4.69, 9.17) is 0 Å². The molecule has 0 bridgehead atoms. The van der Waals surface area contributed by atoms with Crippen molar-refractivity contribution in [3.05, 3.63) is 0 Å². The number of rotatable bonds is 0. The highest BCUT2D eigenvalue weighted by Crippen LogP contribution is 2.37. The van der Waals surface area contributed by atoms with E-state index in [9.17, 15) is 8.78 Å². The first-order valence-electron chi connectivity index (χ1n) is 9.58. The maximum atomic E-state index is 12.4. The maximum absolute atomic E-state index is 12.4. The Labute approximate surface area is 139 Å². The van der Waals surface area contributed by atoms with E-state index < -0.39 is 5.92 Å². The summed E-state index contributed by atoms with van der Waals surface area (Å²) >= 11 is 0. The molecule has 0 aromatic carbocycles. The summed E-state index contributed by atoms with van der Waals surface area (Å²) in [6, 6.07) is 0. The second-order valence-corrected chi connectivity index (χ2v) is 7.39. The molecule has 0 saturated heterocycles. The van der Waals surface area contributed by atoms with Crippen molar-refractivity contribution in [3.63, 3.8) is 0 Å². The minimum absolute atomic E-state index is 0.105. The Bertz CT molecular complexity index is 200. The third-order valence-corrected chi connectivity index (χ3v) is 4.63. The summed E-state index contributed by atoms with van der Waals surface area (Å²) in [6.45, 7) is 17.2. The lowest BCUT2D eigenvalue weighted by molar-refractivity contribution is -0.0438. The largest absolute Gasteiger partial charge is 0.248 e. The quantitative estimate of drug-likeness (QED) is 0.423. The van der Waals surface area contributed by atoms with Gasteiger partial charge in [-0.15, -0.1) is 0 Å². The van der Waals surface area contributed by atoms with Crippen molar-refractivity contribution in [3.8, 4) is 0 Å². The van der Waals surface area contributed by atoms with Crippen LogP contribution in [0.1, 0.15) is 107 Å². The van der Waals surface area contributed by atoms with Crippen molar-refractivity contribution in [2.24, 2.45) is 17.3 Å². The lowest BCUT2D eigenvalue weighted by atomic mass is 9.74. The van der Waals surface area contributed by atoms with E-state index in [1.165, 1.54) is 25.7 Å². The van der Waals surface area contributed by atoms with Gasteiger partial charge < -0.3 is 0 Å². The van der Waals surface area contributed by atoms with Crippen LogP contribution in [0.4, 0.5) is 8.78 Å². The fraction of sp³-hybridized carbons (Fsp3) is 1.00. The molecule has 0 aromatic heterocycles. The summed E-state index contributed by atoms with van der Waals surface area (Å²) < 4.78 is 24.8. The summed E-state index contributed by atoms with van der Waals surface area (Å²) in [4.78, 5) is 0. The molecular weight excluding hydrogens is 278 g/mol. The number of halogens is 2. The third kappa shape index (κ3) is 12.4.